The van der Waals surface area contributed by atoms with Crippen LogP contribution < -0.4 is 5.32 Å². The number of anilines is 1. The average molecular weight is 278 g/mol. The molecule has 0 saturated heterocycles. The van der Waals surface area contributed by atoms with Gasteiger partial charge in [0.15, 0.2) is 0 Å². The Hall–Kier alpha value is -1.18. The van der Waals surface area contributed by atoms with Gasteiger partial charge in [-0.25, -0.2) is 0 Å². The molecule has 0 radical (unpaired) electrons. The maximum absolute atomic E-state index is 6.02. The minimum Gasteiger partial charge on any atom is -0.384 e. The zero-order valence-corrected chi connectivity index (χ0v) is 11.3. The smallest absolute Gasteiger partial charge is 0.0426 e. The Balaban J connectivity index is 1.85. The summed E-state index contributed by atoms with van der Waals surface area (Å²) in [6.45, 7) is 0.961. The van der Waals surface area contributed by atoms with Crippen molar-refractivity contribution in [3.8, 4) is 0 Å². The van der Waals surface area contributed by atoms with Gasteiger partial charge in [0.25, 0.3) is 0 Å². The lowest BCUT2D eigenvalue weighted by molar-refractivity contribution is 0.752. The summed E-state index contributed by atoms with van der Waals surface area (Å²) in [5.74, 6) is 0.496. The highest BCUT2D eigenvalue weighted by Crippen LogP contribution is 2.35. The van der Waals surface area contributed by atoms with Crippen molar-refractivity contribution < 1.29 is 0 Å². The minimum atomic E-state index is 0.496. The zero-order chi connectivity index (χ0) is 12.5. The molecule has 0 fully saturated rings. The van der Waals surface area contributed by atoms with Crippen LogP contribution in [0, 0.1) is 0 Å². The molecule has 0 aromatic heterocycles. The molecule has 92 valence electrons. The molecule has 1 heterocycles. The lowest BCUT2D eigenvalue weighted by atomic mass is 9.94. The van der Waals surface area contributed by atoms with Crippen molar-refractivity contribution in [3.05, 3.63) is 63.6 Å². The Kier molecular flexibility index (Phi) is 3.19. The van der Waals surface area contributed by atoms with Gasteiger partial charge >= 0.3 is 0 Å². The molecule has 1 atom stereocenters. The molecule has 0 saturated carbocycles. The third-order valence-electron chi connectivity index (χ3n) is 3.37. The van der Waals surface area contributed by atoms with Crippen LogP contribution in [0.1, 0.15) is 17.0 Å². The molecular weight excluding hydrogens is 265 g/mol. The fourth-order valence-corrected chi connectivity index (χ4v) is 2.90. The van der Waals surface area contributed by atoms with Gasteiger partial charge in [0.2, 0.25) is 0 Å². The monoisotopic (exact) mass is 277 g/mol. The fraction of sp³-hybridized carbons (Fsp3) is 0.200. The highest BCUT2D eigenvalue weighted by atomic mass is 35.5. The van der Waals surface area contributed by atoms with Gasteiger partial charge in [0.1, 0.15) is 0 Å². The first-order valence-corrected chi connectivity index (χ1v) is 6.76. The zero-order valence-electron chi connectivity index (χ0n) is 9.79. The van der Waals surface area contributed by atoms with Crippen LogP contribution in [0.3, 0.4) is 0 Å². The predicted octanol–water partition coefficient (Wildman–Crippen LogP) is 4.75. The number of benzene rings is 2. The van der Waals surface area contributed by atoms with Crippen molar-refractivity contribution in [2.24, 2.45) is 0 Å². The third-order valence-corrected chi connectivity index (χ3v) is 3.84. The maximum atomic E-state index is 6.02. The van der Waals surface area contributed by atoms with E-state index < -0.39 is 0 Å². The highest BCUT2D eigenvalue weighted by Gasteiger charge is 2.22. The molecule has 0 aliphatic carbocycles. The third kappa shape index (κ3) is 2.33. The van der Waals surface area contributed by atoms with E-state index in [-0.39, 0.29) is 0 Å². The van der Waals surface area contributed by atoms with Crippen LogP contribution in [0.2, 0.25) is 10.0 Å². The topological polar surface area (TPSA) is 12.0 Å². The minimum absolute atomic E-state index is 0.496. The summed E-state index contributed by atoms with van der Waals surface area (Å²) in [5.41, 5.74) is 3.78. The quantitative estimate of drug-likeness (QED) is 0.836. The number of halogens is 2. The number of hydrogen-bond donors (Lipinski definition) is 1. The van der Waals surface area contributed by atoms with Crippen molar-refractivity contribution in [1.29, 1.82) is 0 Å². The predicted molar refractivity (Wildman–Crippen MR) is 77.8 cm³/mol. The number of hydrogen-bond acceptors (Lipinski definition) is 1. The Morgan fingerprint density at radius 1 is 1.06 bits per heavy atom. The summed E-state index contributed by atoms with van der Waals surface area (Å²) in [7, 11) is 0. The van der Waals surface area contributed by atoms with Crippen molar-refractivity contribution in [3.63, 3.8) is 0 Å². The molecule has 2 aromatic rings. The molecule has 2 aromatic carbocycles. The van der Waals surface area contributed by atoms with E-state index in [1.54, 1.807) is 0 Å². The van der Waals surface area contributed by atoms with Gasteiger partial charge in [-0.05, 0) is 41.8 Å². The first kappa shape index (κ1) is 11.9. The molecule has 1 aliphatic rings. The van der Waals surface area contributed by atoms with Crippen LogP contribution in [0.25, 0.3) is 0 Å². The van der Waals surface area contributed by atoms with Gasteiger partial charge in [-0.3, -0.25) is 0 Å². The summed E-state index contributed by atoms with van der Waals surface area (Å²) in [6, 6.07) is 14.1. The standard InChI is InChI=1S/C15H13Cl2N/c16-12-3-1-2-10(7-12)6-11-9-18-15-8-13(17)4-5-14(11)15/h1-5,7-8,11,18H,6,9H2. The van der Waals surface area contributed by atoms with E-state index in [1.165, 1.54) is 11.1 Å². The van der Waals surface area contributed by atoms with Gasteiger partial charge in [0, 0.05) is 28.2 Å². The summed E-state index contributed by atoms with van der Waals surface area (Å²) < 4.78 is 0. The van der Waals surface area contributed by atoms with Crippen LogP contribution in [0.15, 0.2) is 42.5 Å². The Morgan fingerprint density at radius 2 is 1.89 bits per heavy atom. The number of nitrogens with one attached hydrogen (secondary N) is 1. The van der Waals surface area contributed by atoms with Crippen LogP contribution in [0.4, 0.5) is 5.69 Å². The van der Waals surface area contributed by atoms with Crippen LogP contribution in [0.5, 0.6) is 0 Å². The summed E-state index contributed by atoms with van der Waals surface area (Å²) in [6.07, 6.45) is 1.00. The Morgan fingerprint density at radius 3 is 2.72 bits per heavy atom. The molecule has 3 heteroatoms. The molecule has 3 rings (SSSR count). The second kappa shape index (κ2) is 4.83. The normalized spacial score (nSPS) is 17.3. The second-order valence-electron chi connectivity index (χ2n) is 4.64. The fourth-order valence-electron chi connectivity index (χ4n) is 2.51. The van der Waals surface area contributed by atoms with Gasteiger partial charge in [0.05, 0.1) is 0 Å². The molecule has 0 bridgehead atoms. The molecule has 1 unspecified atom stereocenters. The molecule has 1 N–H and O–H groups in total. The van der Waals surface area contributed by atoms with E-state index in [9.17, 15) is 0 Å². The largest absolute Gasteiger partial charge is 0.384 e. The lowest BCUT2D eigenvalue weighted by Gasteiger charge is -2.10. The SMILES string of the molecule is Clc1cccc(CC2CNc3cc(Cl)ccc32)c1. The molecular formula is C15H13Cl2N. The summed E-state index contributed by atoms with van der Waals surface area (Å²) in [4.78, 5) is 0. The van der Waals surface area contributed by atoms with Crippen LogP contribution in [-0.2, 0) is 6.42 Å². The van der Waals surface area contributed by atoms with Crippen molar-refractivity contribution in [1.82, 2.24) is 0 Å². The van der Waals surface area contributed by atoms with E-state index in [0.29, 0.717) is 5.92 Å². The first-order valence-electron chi connectivity index (χ1n) is 6.00. The number of rotatable bonds is 2. The van der Waals surface area contributed by atoms with Gasteiger partial charge in [-0.2, -0.15) is 0 Å². The molecule has 1 aliphatic heterocycles. The molecule has 18 heavy (non-hydrogen) atoms. The van der Waals surface area contributed by atoms with Crippen molar-refractivity contribution in [2.45, 2.75) is 12.3 Å². The second-order valence-corrected chi connectivity index (χ2v) is 5.52. The summed E-state index contributed by atoms with van der Waals surface area (Å²) in [5, 5.41) is 4.99. The maximum Gasteiger partial charge on any atom is 0.0426 e. The van der Waals surface area contributed by atoms with Crippen molar-refractivity contribution >= 4 is 28.9 Å². The van der Waals surface area contributed by atoms with E-state index in [0.717, 1.165) is 28.7 Å². The molecule has 1 nitrogen and oxygen atoms in total. The summed E-state index contributed by atoms with van der Waals surface area (Å²) >= 11 is 12.0. The molecule has 0 spiro atoms. The number of fused-ring (bicyclic) bond motifs is 1. The van der Waals surface area contributed by atoms with E-state index in [1.807, 2.05) is 30.3 Å². The first-order chi connectivity index (χ1) is 8.72. The van der Waals surface area contributed by atoms with Gasteiger partial charge in [-0.1, -0.05) is 41.4 Å². The molecule has 0 amide bonds. The Bertz CT molecular complexity index is 580. The van der Waals surface area contributed by atoms with E-state index in [4.69, 9.17) is 23.2 Å². The van der Waals surface area contributed by atoms with Crippen LogP contribution >= 0.6 is 23.2 Å². The van der Waals surface area contributed by atoms with Gasteiger partial charge < -0.3 is 5.32 Å². The van der Waals surface area contributed by atoms with E-state index >= 15 is 0 Å². The van der Waals surface area contributed by atoms with E-state index in [2.05, 4.69) is 17.4 Å². The Labute approximate surface area is 117 Å². The van der Waals surface area contributed by atoms with Gasteiger partial charge in [-0.15, -0.1) is 0 Å². The lowest BCUT2D eigenvalue weighted by Crippen LogP contribution is -2.05. The van der Waals surface area contributed by atoms with Crippen molar-refractivity contribution in [2.75, 3.05) is 11.9 Å². The van der Waals surface area contributed by atoms with Crippen LogP contribution in [-0.4, -0.2) is 6.54 Å². The highest BCUT2D eigenvalue weighted by molar-refractivity contribution is 6.31. The average Bonchev–Trinajstić information content (AvgIpc) is 2.72.